The van der Waals surface area contributed by atoms with Crippen LogP contribution in [0.4, 0.5) is 0 Å². The Kier molecular flexibility index (Phi) is 5.68. The first-order chi connectivity index (χ1) is 9.78. The van der Waals surface area contributed by atoms with Crippen LogP contribution in [0.3, 0.4) is 0 Å². The zero-order chi connectivity index (χ0) is 17.3. The minimum absolute atomic E-state index is 0.117. The lowest BCUT2D eigenvalue weighted by Crippen LogP contribution is -2.25. The molecule has 0 saturated heterocycles. The Bertz CT molecular complexity index is 484. The number of benzene rings is 1. The van der Waals surface area contributed by atoms with Gasteiger partial charge in [-0.3, -0.25) is 0 Å². The molecule has 0 spiro atoms. The predicted octanol–water partition coefficient (Wildman–Crippen LogP) is 5.24. The molecular formula is C19H32O2S. The van der Waals surface area contributed by atoms with Crippen molar-refractivity contribution in [2.24, 2.45) is 0 Å². The lowest BCUT2D eigenvalue weighted by molar-refractivity contribution is 0.0816. The lowest BCUT2D eigenvalue weighted by atomic mass is 9.79. The molecule has 0 heterocycles. The normalized spacial score (nSPS) is 15.7. The SMILES string of the molecule is CC[C@@](C)(O)CSc1cc(C(C)(C)C)c(O)c(C(C)(C)C)c1. The van der Waals surface area contributed by atoms with E-state index in [4.69, 9.17) is 0 Å². The van der Waals surface area contributed by atoms with Crippen LogP contribution in [0.5, 0.6) is 5.75 Å². The van der Waals surface area contributed by atoms with E-state index in [-0.39, 0.29) is 10.8 Å². The molecular weight excluding hydrogens is 292 g/mol. The van der Waals surface area contributed by atoms with E-state index in [2.05, 4.69) is 53.7 Å². The van der Waals surface area contributed by atoms with Crippen LogP contribution in [0, 0.1) is 0 Å². The van der Waals surface area contributed by atoms with E-state index < -0.39 is 5.60 Å². The molecule has 0 aliphatic rings. The van der Waals surface area contributed by atoms with Gasteiger partial charge in [0.1, 0.15) is 5.75 Å². The predicted molar refractivity (Wildman–Crippen MR) is 97.1 cm³/mol. The molecule has 1 aromatic carbocycles. The first kappa shape index (κ1) is 19.4. The van der Waals surface area contributed by atoms with Crippen molar-refractivity contribution in [1.82, 2.24) is 0 Å². The highest BCUT2D eigenvalue weighted by atomic mass is 32.2. The number of phenolic OH excluding ortho intramolecular Hbond substituents is 1. The Hall–Kier alpha value is -0.670. The van der Waals surface area contributed by atoms with Gasteiger partial charge in [0, 0.05) is 21.8 Å². The molecule has 0 aromatic heterocycles. The second-order valence-corrected chi connectivity index (χ2v) is 9.55. The van der Waals surface area contributed by atoms with Crippen LogP contribution in [0.1, 0.15) is 72.9 Å². The number of phenols is 1. The molecule has 0 bridgehead atoms. The summed E-state index contributed by atoms with van der Waals surface area (Å²) in [5.74, 6) is 1.06. The Morgan fingerprint density at radius 3 is 1.64 bits per heavy atom. The average molecular weight is 325 g/mol. The minimum Gasteiger partial charge on any atom is -0.507 e. The Morgan fingerprint density at radius 1 is 0.909 bits per heavy atom. The zero-order valence-electron chi connectivity index (χ0n) is 15.4. The molecule has 0 unspecified atom stereocenters. The Labute approximate surface area is 140 Å². The fraction of sp³-hybridized carbons (Fsp3) is 0.684. The second kappa shape index (κ2) is 6.45. The number of aromatic hydroxyl groups is 1. The van der Waals surface area contributed by atoms with Crippen molar-refractivity contribution in [3.63, 3.8) is 0 Å². The van der Waals surface area contributed by atoms with Crippen molar-refractivity contribution in [3.05, 3.63) is 23.3 Å². The molecule has 0 fully saturated rings. The van der Waals surface area contributed by atoms with Gasteiger partial charge in [-0.25, -0.2) is 0 Å². The van der Waals surface area contributed by atoms with Gasteiger partial charge in [-0.05, 0) is 36.3 Å². The molecule has 126 valence electrons. The monoisotopic (exact) mass is 324 g/mol. The summed E-state index contributed by atoms with van der Waals surface area (Å²) >= 11 is 1.66. The summed E-state index contributed by atoms with van der Waals surface area (Å²) in [7, 11) is 0. The molecule has 0 aliphatic carbocycles. The number of aliphatic hydroxyl groups is 1. The van der Waals surface area contributed by atoms with Crippen molar-refractivity contribution < 1.29 is 10.2 Å². The van der Waals surface area contributed by atoms with E-state index in [0.717, 1.165) is 22.4 Å². The maximum Gasteiger partial charge on any atom is 0.123 e. The van der Waals surface area contributed by atoms with Crippen molar-refractivity contribution in [2.75, 3.05) is 5.75 Å². The van der Waals surface area contributed by atoms with E-state index in [9.17, 15) is 10.2 Å². The molecule has 0 amide bonds. The first-order valence-electron chi connectivity index (χ1n) is 8.01. The number of rotatable bonds is 4. The summed E-state index contributed by atoms with van der Waals surface area (Å²) in [4.78, 5) is 1.11. The molecule has 22 heavy (non-hydrogen) atoms. The van der Waals surface area contributed by atoms with E-state index in [1.165, 1.54) is 0 Å². The van der Waals surface area contributed by atoms with Crippen LogP contribution < -0.4 is 0 Å². The van der Waals surface area contributed by atoms with Gasteiger partial charge in [-0.2, -0.15) is 0 Å². The van der Waals surface area contributed by atoms with Crippen LogP contribution >= 0.6 is 11.8 Å². The van der Waals surface area contributed by atoms with Crippen LogP contribution in [-0.2, 0) is 10.8 Å². The molecule has 2 nitrogen and oxygen atoms in total. The third kappa shape index (κ3) is 4.92. The average Bonchev–Trinajstić information content (AvgIpc) is 2.34. The highest BCUT2D eigenvalue weighted by Crippen LogP contribution is 2.42. The maximum absolute atomic E-state index is 10.7. The van der Waals surface area contributed by atoms with E-state index in [1.54, 1.807) is 11.8 Å². The largest absolute Gasteiger partial charge is 0.507 e. The third-order valence-corrected chi connectivity index (χ3v) is 5.35. The smallest absolute Gasteiger partial charge is 0.123 e. The Balaban J connectivity index is 3.30. The van der Waals surface area contributed by atoms with Crippen molar-refractivity contribution in [2.45, 2.75) is 83.1 Å². The van der Waals surface area contributed by atoms with Gasteiger partial charge in [0.15, 0.2) is 0 Å². The number of hydrogen-bond donors (Lipinski definition) is 2. The highest BCUT2D eigenvalue weighted by molar-refractivity contribution is 7.99. The van der Waals surface area contributed by atoms with E-state index in [0.29, 0.717) is 11.5 Å². The molecule has 2 N–H and O–H groups in total. The summed E-state index contributed by atoms with van der Waals surface area (Å²) < 4.78 is 0. The van der Waals surface area contributed by atoms with Gasteiger partial charge < -0.3 is 10.2 Å². The standard InChI is InChI=1S/C19H32O2S/c1-9-19(8,21)12-22-13-10-14(17(2,3)4)16(20)15(11-13)18(5,6)7/h10-11,20-21H,9,12H2,1-8H3/t19-/m1/s1. The van der Waals surface area contributed by atoms with Crippen LogP contribution in [0.2, 0.25) is 0 Å². The summed E-state index contributed by atoms with van der Waals surface area (Å²) in [6.07, 6.45) is 0.732. The molecule has 1 aromatic rings. The maximum atomic E-state index is 10.7. The molecule has 1 rings (SSSR count). The van der Waals surface area contributed by atoms with Crippen molar-refractivity contribution in [3.8, 4) is 5.75 Å². The molecule has 0 saturated carbocycles. The zero-order valence-corrected chi connectivity index (χ0v) is 16.2. The first-order valence-corrected chi connectivity index (χ1v) is 8.99. The topological polar surface area (TPSA) is 40.5 Å². The molecule has 0 radical (unpaired) electrons. The second-order valence-electron chi connectivity index (χ2n) is 8.51. The Morgan fingerprint density at radius 2 is 1.32 bits per heavy atom. The van der Waals surface area contributed by atoms with Gasteiger partial charge in [0.2, 0.25) is 0 Å². The van der Waals surface area contributed by atoms with Crippen molar-refractivity contribution >= 4 is 11.8 Å². The molecule has 0 aliphatic heterocycles. The van der Waals surface area contributed by atoms with Gasteiger partial charge in [-0.1, -0.05) is 48.5 Å². The van der Waals surface area contributed by atoms with Gasteiger partial charge in [0.25, 0.3) is 0 Å². The molecule has 1 atom stereocenters. The summed E-state index contributed by atoms with van der Waals surface area (Å²) in [5.41, 5.74) is 1.05. The quantitative estimate of drug-likeness (QED) is 0.744. The molecule has 3 heteroatoms. The van der Waals surface area contributed by atoms with E-state index >= 15 is 0 Å². The highest BCUT2D eigenvalue weighted by Gasteiger charge is 2.27. The fourth-order valence-electron chi connectivity index (χ4n) is 2.18. The van der Waals surface area contributed by atoms with E-state index in [1.807, 2.05) is 13.8 Å². The number of thioether (sulfide) groups is 1. The van der Waals surface area contributed by atoms with Crippen LogP contribution in [0.25, 0.3) is 0 Å². The van der Waals surface area contributed by atoms with Crippen LogP contribution in [0.15, 0.2) is 17.0 Å². The van der Waals surface area contributed by atoms with Gasteiger partial charge in [0.05, 0.1) is 5.60 Å². The lowest BCUT2D eigenvalue weighted by Gasteiger charge is -2.28. The third-order valence-electron chi connectivity index (χ3n) is 4.01. The van der Waals surface area contributed by atoms with Gasteiger partial charge in [-0.15, -0.1) is 11.8 Å². The number of hydrogen-bond acceptors (Lipinski definition) is 3. The van der Waals surface area contributed by atoms with Crippen molar-refractivity contribution in [1.29, 1.82) is 0 Å². The summed E-state index contributed by atoms with van der Waals surface area (Å²) in [6.45, 7) is 16.6. The van der Waals surface area contributed by atoms with Gasteiger partial charge >= 0.3 is 0 Å². The minimum atomic E-state index is -0.660. The van der Waals surface area contributed by atoms with Crippen LogP contribution in [-0.4, -0.2) is 21.6 Å². The fourth-order valence-corrected chi connectivity index (χ4v) is 3.26. The summed E-state index contributed by atoms with van der Waals surface area (Å²) in [5, 5.41) is 20.9. The summed E-state index contributed by atoms with van der Waals surface area (Å²) in [6, 6.07) is 4.14.